The van der Waals surface area contributed by atoms with Gasteiger partial charge in [0.1, 0.15) is 11.6 Å². The van der Waals surface area contributed by atoms with Gasteiger partial charge in [0.15, 0.2) is 0 Å². The van der Waals surface area contributed by atoms with E-state index in [4.69, 9.17) is 21.6 Å². The topological polar surface area (TPSA) is 66.3 Å². The van der Waals surface area contributed by atoms with Crippen molar-refractivity contribution in [1.29, 1.82) is 0 Å². The number of hydrogen-bond donors (Lipinski definition) is 1. The van der Waals surface area contributed by atoms with Gasteiger partial charge in [0.05, 0.1) is 11.4 Å². The van der Waals surface area contributed by atoms with Gasteiger partial charge in [0, 0.05) is 47.6 Å². The van der Waals surface area contributed by atoms with Gasteiger partial charge in [-0.05, 0) is 42.5 Å². The number of aryl methyl sites for hydroxylation is 1. The lowest BCUT2D eigenvalue weighted by atomic mass is 9.98. The van der Waals surface area contributed by atoms with E-state index in [1.165, 1.54) is 0 Å². The number of phenolic OH excluding ortho intramolecular Hbond substituents is 1. The molecule has 3 aromatic rings. The van der Waals surface area contributed by atoms with Crippen LogP contribution in [0.4, 0.5) is 0 Å². The molecule has 0 atom stereocenters. The third-order valence-corrected chi connectivity index (χ3v) is 5.16. The Morgan fingerprint density at radius 2 is 1.96 bits per heavy atom. The fourth-order valence-corrected chi connectivity index (χ4v) is 3.65. The Labute approximate surface area is 168 Å². The predicted octanol–water partition coefficient (Wildman–Crippen LogP) is 4.26. The summed E-state index contributed by atoms with van der Waals surface area (Å²) in [6, 6.07) is 14.0. The molecule has 2 heterocycles. The first-order chi connectivity index (χ1) is 13.5. The summed E-state index contributed by atoms with van der Waals surface area (Å²) in [7, 11) is 0. The van der Waals surface area contributed by atoms with Crippen LogP contribution in [0.2, 0.25) is 5.02 Å². The summed E-state index contributed by atoms with van der Waals surface area (Å²) in [5, 5.41) is 10.2. The number of hydrogen-bond acceptors (Lipinski definition) is 4. The Balaban J connectivity index is 1.72. The molecule has 6 heteroatoms. The number of nitrogens with zero attached hydrogens (tertiary/aromatic N) is 3. The summed E-state index contributed by atoms with van der Waals surface area (Å²) in [6.07, 6.45) is 1.42. The standard InChI is InChI=1S/C22H20ClN3O2/c1-2-20-24-19-10-11-26(22(28)15-4-3-5-16(23)12-15)13-18(19)21(25-20)14-6-8-17(27)9-7-14/h3-9,12,27H,2,10-11,13H2,1H3. The minimum atomic E-state index is -0.0515. The van der Waals surface area contributed by atoms with Crippen molar-refractivity contribution in [3.63, 3.8) is 0 Å². The molecule has 0 spiro atoms. The number of aromatic nitrogens is 2. The summed E-state index contributed by atoms with van der Waals surface area (Å²) in [6.45, 7) is 3.08. The largest absolute Gasteiger partial charge is 0.508 e. The second-order valence-electron chi connectivity index (χ2n) is 6.80. The van der Waals surface area contributed by atoms with E-state index in [1.54, 1.807) is 36.4 Å². The van der Waals surface area contributed by atoms with Gasteiger partial charge in [0.25, 0.3) is 5.91 Å². The van der Waals surface area contributed by atoms with E-state index in [0.717, 1.165) is 34.8 Å². The Morgan fingerprint density at radius 1 is 1.18 bits per heavy atom. The summed E-state index contributed by atoms with van der Waals surface area (Å²) in [5.74, 6) is 0.945. The Kier molecular flexibility index (Phi) is 5.01. The molecular weight excluding hydrogens is 374 g/mol. The number of phenols is 1. The van der Waals surface area contributed by atoms with E-state index in [9.17, 15) is 9.90 Å². The molecule has 0 unspecified atom stereocenters. The first-order valence-electron chi connectivity index (χ1n) is 9.28. The predicted molar refractivity (Wildman–Crippen MR) is 108 cm³/mol. The van der Waals surface area contributed by atoms with Gasteiger partial charge in [-0.25, -0.2) is 9.97 Å². The fraction of sp³-hybridized carbons (Fsp3) is 0.227. The molecule has 0 saturated carbocycles. The van der Waals surface area contributed by atoms with E-state index < -0.39 is 0 Å². The maximum atomic E-state index is 13.0. The molecule has 1 aliphatic rings. The number of carbonyl (C=O) groups excluding carboxylic acids is 1. The van der Waals surface area contributed by atoms with Gasteiger partial charge >= 0.3 is 0 Å². The summed E-state index contributed by atoms with van der Waals surface area (Å²) < 4.78 is 0. The number of carbonyl (C=O) groups is 1. The number of aromatic hydroxyl groups is 1. The molecule has 142 valence electrons. The summed E-state index contributed by atoms with van der Waals surface area (Å²) >= 11 is 6.05. The van der Waals surface area contributed by atoms with E-state index in [1.807, 2.05) is 24.0 Å². The average molecular weight is 394 g/mol. The zero-order chi connectivity index (χ0) is 19.7. The van der Waals surface area contributed by atoms with Gasteiger partial charge in [-0.1, -0.05) is 24.6 Å². The molecule has 1 N–H and O–H groups in total. The molecule has 5 nitrogen and oxygen atoms in total. The lowest BCUT2D eigenvalue weighted by molar-refractivity contribution is 0.0733. The van der Waals surface area contributed by atoms with E-state index >= 15 is 0 Å². The van der Waals surface area contributed by atoms with Gasteiger partial charge in [-0.15, -0.1) is 0 Å². The number of amides is 1. The van der Waals surface area contributed by atoms with Crippen molar-refractivity contribution in [2.24, 2.45) is 0 Å². The average Bonchev–Trinajstić information content (AvgIpc) is 2.72. The molecule has 2 aromatic carbocycles. The Bertz CT molecular complexity index is 1030. The van der Waals surface area contributed by atoms with Gasteiger partial charge < -0.3 is 10.0 Å². The molecule has 1 aromatic heterocycles. The Hall–Kier alpha value is -2.92. The van der Waals surface area contributed by atoms with Crippen molar-refractivity contribution in [3.05, 3.63) is 76.2 Å². The van der Waals surface area contributed by atoms with Crippen molar-refractivity contribution in [2.75, 3.05) is 6.54 Å². The molecule has 0 aliphatic carbocycles. The second kappa shape index (κ2) is 7.60. The lowest BCUT2D eigenvalue weighted by Gasteiger charge is -2.30. The normalized spacial score (nSPS) is 13.3. The van der Waals surface area contributed by atoms with E-state index in [0.29, 0.717) is 30.1 Å². The van der Waals surface area contributed by atoms with Crippen LogP contribution in [-0.2, 0) is 19.4 Å². The Morgan fingerprint density at radius 3 is 2.68 bits per heavy atom. The van der Waals surface area contributed by atoms with Crippen LogP contribution in [0, 0.1) is 0 Å². The van der Waals surface area contributed by atoms with Crippen LogP contribution in [0.3, 0.4) is 0 Å². The third kappa shape index (κ3) is 3.58. The van der Waals surface area contributed by atoms with Crippen LogP contribution in [0.5, 0.6) is 5.75 Å². The SMILES string of the molecule is CCc1nc2c(c(-c3ccc(O)cc3)n1)CN(C(=O)c1cccc(Cl)c1)CC2. The number of fused-ring (bicyclic) bond motifs is 1. The van der Waals surface area contributed by atoms with Crippen LogP contribution in [0.1, 0.15) is 34.4 Å². The van der Waals surface area contributed by atoms with Crippen LogP contribution in [0.15, 0.2) is 48.5 Å². The molecule has 4 rings (SSSR count). The van der Waals surface area contributed by atoms with Crippen LogP contribution in [0.25, 0.3) is 11.3 Å². The first kappa shape index (κ1) is 18.4. The van der Waals surface area contributed by atoms with Crippen molar-refractivity contribution in [3.8, 4) is 17.0 Å². The maximum Gasteiger partial charge on any atom is 0.254 e. The quantitative estimate of drug-likeness (QED) is 0.721. The zero-order valence-electron chi connectivity index (χ0n) is 15.5. The van der Waals surface area contributed by atoms with Gasteiger partial charge in [0.2, 0.25) is 0 Å². The number of halogens is 1. The van der Waals surface area contributed by atoms with E-state index in [2.05, 4.69) is 0 Å². The van der Waals surface area contributed by atoms with Crippen LogP contribution >= 0.6 is 11.6 Å². The molecule has 0 bridgehead atoms. The number of rotatable bonds is 3. The molecule has 0 radical (unpaired) electrons. The summed E-state index contributed by atoms with van der Waals surface area (Å²) in [5.41, 5.74) is 4.26. The molecule has 0 fully saturated rings. The highest BCUT2D eigenvalue weighted by Gasteiger charge is 2.26. The highest BCUT2D eigenvalue weighted by Crippen LogP contribution is 2.30. The van der Waals surface area contributed by atoms with Crippen molar-refractivity contribution in [1.82, 2.24) is 14.9 Å². The smallest absolute Gasteiger partial charge is 0.254 e. The molecule has 28 heavy (non-hydrogen) atoms. The van der Waals surface area contributed by atoms with Crippen molar-refractivity contribution >= 4 is 17.5 Å². The van der Waals surface area contributed by atoms with Gasteiger partial charge in [-0.3, -0.25) is 4.79 Å². The summed E-state index contributed by atoms with van der Waals surface area (Å²) in [4.78, 5) is 24.2. The third-order valence-electron chi connectivity index (χ3n) is 4.92. The minimum Gasteiger partial charge on any atom is -0.508 e. The zero-order valence-corrected chi connectivity index (χ0v) is 16.3. The highest BCUT2D eigenvalue weighted by atomic mass is 35.5. The van der Waals surface area contributed by atoms with Crippen molar-refractivity contribution in [2.45, 2.75) is 26.3 Å². The van der Waals surface area contributed by atoms with Crippen LogP contribution in [-0.4, -0.2) is 32.4 Å². The monoisotopic (exact) mass is 393 g/mol. The second-order valence-corrected chi connectivity index (χ2v) is 7.24. The highest BCUT2D eigenvalue weighted by molar-refractivity contribution is 6.30. The molecule has 1 aliphatic heterocycles. The number of benzene rings is 2. The molecule has 1 amide bonds. The van der Waals surface area contributed by atoms with Gasteiger partial charge in [-0.2, -0.15) is 0 Å². The lowest BCUT2D eigenvalue weighted by Crippen LogP contribution is -2.37. The first-order valence-corrected chi connectivity index (χ1v) is 9.66. The van der Waals surface area contributed by atoms with Crippen molar-refractivity contribution < 1.29 is 9.90 Å². The molecule has 0 saturated heterocycles. The maximum absolute atomic E-state index is 13.0. The molecular formula is C22H20ClN3O2. The fourth-order valence-electron chi connectivity index (χ4n) is 3.46. The van der Waals surface area contributed by atoms with E-state index in [-0.39, 0.29) is 11.7 Å². The van der Waals surface area contributed by atoms with Crippen LogP contribution < -0.4 is 0 Å². The minimum absolute atomic E-state index is 0.0515.